The average Bonchev–Trinajstić information content (AvgIpc) is 2.28. The van der Waals surface area contributed by atoms with Gasteiger partial charge in [-0.25, -0.2) is 0 Å². The Balaban J connectivity index is 2.82. The number of hydrogen-bond donors (Lipinski definition) is 2. The second-order valence-corrected chi connectivity index (χ2v) is 4.35. The predicted molar refractivity (Wildman–Crippen MR) is 61.5 cm³/mol. The van der Waals surface area contributed by atoms with Crippen LogP contribution < -0.4 is 0 Å². The van der Waals surface area contributed by atoms with Crippen LogP contribution in [0.25, 0.3) is 0 Å². The van der Waals surface area contributed by atoms with E-state index in [1.165, 1.54) is 0 Å². The first-order chi connectivity index (χ1) is 6.99. The van der Waals surface area contributed by atoms with Crippen LogP contribution in [0.5, 0.6) is 0 Å². The maximum absolute atomic E-state index is 10.1. The first kappa shape index (κ1) is 12.2. The van der Waals surface area contributed by atoms with Crippen LogP contribution in [0.3, 0.4) is 0 Å². The minimum absolute atomic E-state index is 0.176. The second-order valence-electron chi connectivity index (χ2n) is 4.35. The van der Waals surface area contributed by atoms with E-state index >= 15 is 0 Å². The first-order valence-corrected chi connectivity index (χ1v) is 5.44. The Hall–Kier alpha value is -0.860. The molecule has 1 aromatic carbocycles. The molecule has 0 saturated carbocycles. The van der Waals surface area contributed by atoms with Crippen molar-refractivity contribution >= 4 is 0 Å². The van der Waals surface area contributed by atoms with Crippen LogP contribution in [0.1, 0.15) is 38.9 Å². The number of aliphatic hydroxyl groups is 2. The number of rotatable bonds is 4. The van der Waals surface area contributed by atoms with Crippen molar-refractivity contribution in [2.45, 2.75) is 38.9 Å². The quantitative estimate of drug-likeness (QED) is 0.798. The Morgan fingerprint density at radius 3 is 2.27 bits per heavy atom. The summed E-state index contributed by atoms with van der Waals surface area (Å²) in [5.41, 5.74) is 0.0358. The molecule has 0 fully saturated rings. The van der Waals surface area contributed by atoms with Crippen molar-refractivity contribution in [3.8, 4) is 0 Å². The smallest absolute Gasteiger partial charge is 0.0842 e. The predicted octanol–water partition coefficient (Wildman–Crippen LogP) is 2.52. The lowest BCUT2D eigenvalue weighted by Crippen LogP contribution is -2.35. The fraction of sp³-hybridized carbons (Fsp3) is 0.538. The van der Waals surface area contributed by atoms with Crippen molar-refractivity contribution in [3.63, 3.8) is 0 Å². The molecule has 0 bridgehead atoms. The highest BCUT2D eigenvalue weighted by molar-refractivity contribution is 5.18. The molecule has 0 aliphatic carbocycles. The Kier molecular flexibility index (Phi) is 3.89. The highest BCUT2D eigenvalue weighted by atomic mass is 16.3. The van der Waals surface area contributed by atoms with Crippen LogP contribution >= 0.6 is 0 Å². The minimum atomic E-state index is -0.824. The van der Waals surface area contributed by atoms with Crippen LogP contribution in [-0.2, 0) is 0 Å². The zero-order valence-electron chi connectivity index (χ0n) is 9.64. The van der Waals surface area contributed by atoms with E-state index in [0.717, 1.165) is 5.56 Å². The molecule has 3 atom stereocenters. The van der Waals surface area contributed by atoms with Crippen LogP contribution in [-0.4, -0.2) is 15.8 Å². The topological polar surface area (TPSA) is 40.5 Å². The Labute approximate surface area is 91.6 Å². The Morgan fingerprint density at radius 1 is 1.27 bits per heavy atom. The van der Waals surface area contributed by atoms with Gasteiger partial charge in [0.2, 0.25) is 0 Å². The first-order valence-electron chi connectivity index (χ1n) is 5.44. The van der Waals surface area contributed by atoms with E-state index < -0.39 is 11.7 Å². The number of benzene rings is 1. The Morgan fingerprint density at radius 2 is 1.80 bits per heavy atom. The summed E-state index contributed by atoms with van der Waals surface area (Å²) in [5.74, 6) is -0.176. The fourth-order valence-corrected chi connectivity index (χ4v) is 1.60. The van der Waals surface area contributed by atoms with Gasteiger partial charge in [-0.3, -0.25) is 0 Å². The summed E-state index contributed by atoms with van der Waals surface area (Å²) < 4.78 is 0. The minimum Gasteiger partial charge on any atom is -0.390 e. The lowest BCUT2D eigenvalue weighted by atomic mass is 9.82. The summed E-state index contributed by atoms with van der Waals surface area (Å²) in [6.45, 7) is 5.57. The molecule has 0 amide bonds. The van der Waals surface area contributed by atoms with Crippen molar-refractivity contribution in [2.75, 3.05) is 0 Å². The summed E-state index contributed by atoms with van der Waals surface area (Å²) in [5, 5.41) is 20.2. The van der Waals surface area contributed by atoms with Crippen molar-refractivity contribution in [1.82, 2.24) is 0 Å². The van der Waals surface area contributed by atoms with Crippen molar-refractivity contribution < 1.29 is 10.2 Å². The normalized spacial score (nSPS) is 19.3. The summed E-state index contributed by atoms with van der Waals surface area (Å²) >= 11 is 0. The maximum atomic E-state index is 10.1. The largest absolute Gasteiger partial charge is 0.390 e. The standard InChI is InChI=1S/C13H20O2/c1-4-13(3,15)10(2)12(14)11-8-6-5-7-9-11/h5-10,12,14-15H,4H2,1-3H3/t10-,12-,13-/m0/s1. The van der Waals surface area contributed by atoms with Crippen molar-refractivity contribution in [3.05, 3.63) is 35.9 Å². The lowest BCUT2D eigenvalue weighted by molar-refractivity contribution is -0.0545. The van der Waals surface area contributed by atoms with E-state index in [0.29, 0.717) is 6.42 Å². The van der Waals surface area contributed by atoms with Gasteiger partial charge in [0.1, 0.15) is 0 Å². The third-order valence-corrected chi connectivity index (χ3v) is 3.31. The molecule has 0 heterocycles. The third-order valence-electron chi connectivity index (χ3n) is 3.31. The van der Waals surface area contributed by atoms with Gasteiger partial charge < -0.3 is 10.2 Å². The number of hydrogen-bond acceptors (Lipinski definition) is 2. The molecule has 1 rings (SSSR count). The van der Waals surface area contributed by atoms with Crippen LogP contribution in [0.15, 0.2) is 30.3 Å². The molecule has 0 unspecified atom stereocenters. The summed E-state index contributed by atoms with van der Waals surface area (Å²) in [6, 6.07) is 9.47. The van der Waals surface area contributed by atoms with Crippen LogP contribution in [0, 0.1) is 5.92 Å². The summed E-state index contributed by atoms with van der Waals surface area (Å²) in [6.07, 6.45) is 0.0269. The zero-order valence-corrected chi connectivity index (χ0v) is 9.64. The van der Waals surface area contributed by atoms with E-state index in [2.05, 4.69) is 0 Å². The molecule has 1 aromatic rings. The lowest BCUT2D eigenvalue weighted by Gasteiger charge is -2.32. The van der Waals surface area contributed by atoms with Gasteiger partial charge in [0.15, 0.2) is 0 Å². The average molecular weight is 208 g/mol. The highest BCUT2D eigenvalue weighted by Gasteiger charge is 2.32. The molecule has 2 nitrogen and oxygen atoms in total. The van der Waals surface area contributed by atoms with Gasteiger partial charge in [0.05, 0.1) is 11.7 Å². The van der Waals surface area contributed by atoms with Gasteiger partial charge >= 0.3 is 0 Å². The zero-order chi connectivity index (χ0) is 11.5. The highest BCUT2D eigenvalue weighted by Crippen LogP contribution is 2.32. The van der Waals surface area contributed by atoms with Crippen LogP contribution in [0.4, 0.5) is 0 Å². The van der Waals surface area contributed by atoms with Crippen molar-refractivity contribution in [2.24, 2.45) is 5.92 Å². The number of aliphatic hydroxyl groups excluding tert-OH is 1. The second kappa shape index (κ2) is 4.77. The maximum Gasteiger partial charge on any atom is 0.0842 e. The van der Waals surface area contributed by atoms with Gasteiger partial charge in [-0.15, -0.1) is 0 Å². The molecule has 0 saturated heterocycles. The summed E-state index contributed by atoms with van der Waals surface area (Å²) in [7, 11) is 0. The van der Waals surface area contributed by atoms with E-state index in [-0.39, 0.29) is 5.92 Å². The van der Waals surface area contributed by atoms with Gasteiger partial charge in [-0.1, -0.05) is 44.2 Å². The molecule has 2 heteroatoms. The van der Waals surface area contributed by atoms with Gasteiger partial charge in [-0.05, 0) is 18.9 Å². The molecule has 84 valence electrons. The monoisotopic (exact) mass is 208 g/mol. The molecular formula is C13H20O2. The molecule has 0 aliphatic heterocycles. The third kappa shape index (κ3) is 2.80. The molecule has 0 radical (unpaired) electrons. The molecule has 0 spiro atoms. The Bertz CT molecular complexity index is 293. The molecule has 2 N–H and O–H groups in total. The van der Waals surface area contributed by atoms with E-state index in [1.54, 1.807) is 6.92 Å². The molecular weight excluding hydrogens is 188 g/mol. The molecule has 0 aliphatic rings. The SMILES string of the molecule is CC[C@](C)(O)[C@@H](C)[C@H](O)c1ccccc1. The van der Waals surface area contributed by atoms with Gasteiger partial charge in [0.25, 0.3) is 0 Å². The molecule has 15 heavy (non-hydrogen) atoms. The van der Waals surface area contributed by atoms with Crippen molar-refractivity contribution in [1.29, 1.82) is 0 Å². The molecule has 0 aromatic heterocycles. The van der Waals surface area contributed by atoms with E-state index in [4.69, 9.17) is 0 Å². The van der Waals surface area contributed by atoms with Crippen LogP contribution in [0.2, 0.25) is 0 Å². The van der Waals surface area contributed by atoms with Gasteiger partial charge in [0, 0.05) is 5.92 Å². The van der Waals surface area contributed by atoms with E-state index in [9.17, 15) is 10.2 Å². The summed E-state index contributed by atoms with van der Waals surface area (Å²) in [4.78, 5) is 0. The van der Waals surface area contributed by atoms with E-state index in [1.807, 2.05) is 44.2 Å². The fourth-order valence-electron chi connectivity index (χ4n) is 1.60. The van der Waals surface area contributed by atoms with Gasteiger partial charge in [-0.2, -0.15) is 0 Å².